The number of nitrogens with zero attached hydrogens (tertiary/aromatic N) is 5. The molecule has 30 heavy (non-hydrogen) atoms. The van der Waals surface area contributed by atoms with E-state index in [9.17, 15) is 0 Å². The Balaban J connectivity index is 1.52. The summed E-state index contributed by atoms with van der Waals surface area (Å²) < 4.78 is 0. The van der Waals surface area contributed by atoms with Crippen LogP contribution in [0.3, 0.4) is 0 Å². The molecule has 0 fully saturated rings. The van der Waals surface area contributed by atoms with Gasteiger partial charge in [-0.1, -0.05) is 6.07 Å². The van der Waals surface area contributed by atoms with Crippen LogP contribution in [-0.2, 0) is 0 Å². The Bertz CT molecular complexity index is 1480. The fourth-order valence-corrected chi connectivity index (χ4v) is 3.73. The van der Waals surface area contributed by atoms with Crippen molar-refractivity contribution in [3.05, 3.63) is 79.8 Å². The van der Waals surface area contributed by atoms with Gasteiger partial charge < -0.3 is 4.98 Å². The standard InChI is InChI=1S/C23H15N7/c1-2-15(10-25-5-1)18-11-26-12-21-16(18)8-20(28-21)23-17-9-19(14-3-6-24-7-4-14)27-13-22(17)29-30-23/h1-13,28H,(H,29,30). The number of hydrogen-bond donors (Lipinski definition) is 2. The van der Waals surface area contributed by atoms with Gasteiger partial charge in [0.25, 0.3) is 0 Å². The molecule has 0 bridgehead atoms. The Labute approximate surface area is 170 Å². The van der Waals surface area contributed by atoms with Crippen LogP contribution in [-0.4, -0.2) is 35.1 Å². The quantitative estimate of drug-likeness (QED) is 0.460. The third kappa shape index (κ3) is 2.64. The molecule has 6 aromatic heterocycles. The van der Waals surface area contributed by atoms with Crippen LogP contribution >= 0.6 is 0 Å². The number of pyridine rings is 4. The molecule has 0 spiro atoms. The first-order chi connectivity index (χ1) is 14.9. The lowest BCUT2D eigenvalue weighted by molar-refractivity contribution is 1.11. The maximum absolute atomic E-state index is 4.56. The van der Waals surface area contributed by atoms with Crippen molar-refractivity contribution in [1.29, 1.82) is 0 Å². The Morgan fingerprint density at radius 2 is 1.63 bits per heavy atom. The summed E-state index contributed by atoms with van der Waals surface area (Å²) in [5, 5.41) is 9.72. The molecule has 6 aromatic rings. The lowest BCUT2D eigenvalue weighted by Gasteiger charge is -2.01. The minimum absolute atomic E-state index is 0.844. The molecule has 0 amide bonds. The number of fused-ring (bicyclic) bond motifs is 2. The highest BCUT2D eigenvalue weighted by Crippen LogP contribution is 2.33. The average molecular weight is 389 g/mol. The summed E-state index contributed by atoms with van der Waals surface area (Å²) in [5.41, 5.74) is 7.54. The van der Waals surface area contributed by atoms with Crippen LogP contribution in [0.2, 0.25) is 0 Å². The molecule has 0 radical (unpaired) electrons. The summed E-state index contributed by atoms with van der Waals surface area (Å²) in [7, 11) is 0. The second-order valence-corrected chi connectivity index (χ2v) is 7.00. The lowest BCUT2D eigenvalue weighted by Crippen LogP contribution is -1.84. The van der Waals surface area contributed by atoms with Gasteiger partial charge in [0.2, 0.25) is 0 Å². The Hall–Kier alpha value is -4.39. The number of aromatic amines is 2. The minimum Gasteiger partial charge on any atom is -0.352 e. The van der Waals surface area contributed by atoms with Gasteiger partial charge in [-0.3, -0.25) is 25.0 Å². The van der Waals surface area contributed by atoms with Gasteiger partial charge in [0.15, 0.2) is 0 Å². The molecule has 142 valence electrons. The van der Waals surface area contributed by atoms with Crippen LogP contribution in [0.5, 0.6) is 0 Å². The van der Waals surface area contributed by atoms with Crippen molar-refractivity contribution in [3.63, 3.8) is 0 Å². The van der Waals surface area contributed by atoms with E-state index in [1.54, 1.807) is 18.6 Å². The van der Waals surface area contributed by atoms with E-state index < -0.39 is 0 Å². The van der Waals surface area contributed by atoms with Crippen LogP contribution < -0.4 is 0 Å². The molecule has 0 atom stereocenters. The zero-order chi connectivity index (χ0) is 19.9. The van der Waals surface area contributed by atoms with Crippen molar-refractivity contribution in [2.45, 2.75) is 0 Å². The lowest BCUT2D eigenvalue weighted by atomic mass is 10.1. The van der Waals surface area contributed by atoms with Gasteiger partial charge in [0.05, 0.1) is 34.8 Å². The summed E-state index contributed by atoms with van der Waals surface area (Å²) in [6, 6.07) is 12.0. The largest absolute Gasteiger partial charge is 0.352 e. The highest BCUT2D eigenvalue weighted by molar-refractivity contribution is 6.00. The fraction of sp³-hybridized carbons (Fsp3) is 0. The van der Waals surface area contributed by atoms with Crippen LogP contribution in [0.15, 0.2) is 79.8 Å². The van der Waals surface area contributed by atoms with Gasteiger partial charge in [-0.15, -0.1) is 0 Å². The van der Waals surface area contributed by atoms with Crippen molar-refractivity contribution in [2.75, 3.05) is 0 Å². The van der Waals surface area contributed by atoms with E-state index in [4.69, 9.17) is 0 Å². The van der Waals surface area contributed by atoms with Gasteiger partial charge >= 0.3 is 0 Å². The zero-order valence-corrected chi connectivity index (χ0v) is 15.7. The molecule has 0 unspecified atom stereocenters. The van der Waals surface area contributed by atoms with Crippen LogP contribution in [0.25, 0.3) is 55.6 Å². The molecule has 0 aliphatic rings. The number of aromatic nitrogens is 7. The van der Waals surface area contributed by atoms with Gasteiger partial charge in [0.1, 0.15) is 5.69 Å². The summed E-state index contributed by atoms with van der Waals surface area (Å²) in [6.45, 7) is 0. The van der Waals surface area contributed by atoms with E-state index in [2.05, 4.69) is 47.2 Å². The molecule has 0 saturated carbocycles. The van der Waals surface area contributed by atoms with Gasteiger partial charge in [-0.05, 0) is 30.3 Å². The van der Waals surface area contributed by atoms with Gasteiger partial charge in [-0.25, -0.2) is 0 Å². The Morgan fingerprint density at radius 1 is 0.700 bits per heavy atom. The Morgan fingerprint density at radius 3 is 2.50 bits per heavy atom. The highest BCUT2D eigenvalue weighted by atomic mass is 15.1. The van der Waals surface area contributed by atoms with E-state index in [0.717, 1.165) is 55.6 Å². The van der Waals surface area contributed by atoms with Crippen molar-refractivity contribution in [1.82, 2.24) is 35.1 Å². The third-order valence-corrected chi connectivity index (χ3v) is 5.20. The maximum Gasteiger partial charge on any atom is 0.116 e. The maximum atomic E-state index is 4.56. The molecule has 7 nitrogen and oxygen atoms in total. The smallest absolute Gasteiger partial charge is 0.116 e. The SMILES string of the molecule is c1cncc(-c2cncc3[nH]c(-c4n[nH]c5cnc(-c6ccncc6)cc45)cc23)c1. The molecule has 0 aliphatic carbocycles. The van der Waals surface area contributed by atoms with Gasteiger partial charge in [0, 0.05) is 58.4 Å². The average Bonchev–Trinajstić information content (AvgIpc) is 3.43. The first kappa shape index (κ1) is 16.6. The zero-order valence-electron chi connectivity index (χ0n) is 15.7. The molecule has 0 aromatic carbocycles. The predicted octanol–water partition coefficient (Wildman–Crippen LogP) is 4.63. The molecule has 0 saturated heterocycles. The van der Waals surface area contributed by atoms with E-state index >= 15 is 0 Å². The molecule has 7 heteroatoms. The fourth-order valence-electron chi connectivity index (χ4n) is 3.73. The Kier molecular flexibility index (Phi) is 3.64. The topological polar surface area (TPSA) is 96.0 Å². The van der Waals surface area contributed by atoms with E-state index in [1.165, 1.54) is 0 Å². The first-order valence-corrected chi connectivity index (χ1v) is 9.49. The summed E-state index contributed by atoms with van der Waals surface area (Å²) in [4.78, 5) is 20.7. The van der Waals surface area contributed by atoms with Crippen molar-refractivity contribution in [2.24, 2.45) is 0 Å². The van der Waals surface area contributed by atoms with Gasteiger partial charge in [-0.2, -0.15) is 5.10 Å². The van der Waals surface area contributed by atoms with Crippen LogP contribution in [0, 0.1) is 0 Å². The normalized spacial score (nSPS) is 11.3. The van der Waals surface area contributed by atoms with Crippen molar-refractivity contribution >= 4 is 21.8 Å². The summed E-state index contributed by atoms with van der Waals surface area (Å²) in [6.07, 6.45) is 12.7. The summed E-state index contributed by atoms with van der Waals surface area (Å²) >= 11 is 0. The second-order valence-electron chi connectivity index (χ2n) is 7.00. The second kappa shape index (κ2) is 6.59. The van der Waals surface area contributed by atoms with Crippen LogP contribution in [0.4, 0.5) is 0 Å². The molecular formula is C23H15N7. The number of nitrogens with one attached hydrogen (secondary N) is 2. The monoisotopic (exact) mass is 389 g/mol. The van der Waals surface area contributed by atoms with Crippen molar-refractivity contribution in [3.8, 4) is 33.8 Å². The van der Waals surface area contributed by atoms with E-state index in [-0.39, 0.29) is 0 Å². The molecule has 2 N–H and O–H groups in total. The van der Waals surface area contributed by atoms with Crippen LogP contribution in [0.1, 0.15) is 0 Å². The third-order valence-electron chi connectivity index (χ3n) is 5.20. The molecule has 6 heterocycles. The van der Waals surface area contributed by atoms with Crippen molar-refractivity contribution < 1.29 is 0 Å². The first-order valence-electron chi connectivity index (χ1n) is 9.49. The number of hydrogen-bond acceptors (Lipinski definition) is 5. The van der Waals surface area contributed by atoms with E-state index in [0.29, 0.717) is 0 Å². The summed E-state index contributed by atoms with van der Waals surface area (Å²) in [5.74, 6) is 0. The minimum atomic E-state index is 0.844. The highest BCUT2D eigenvalue weighted by Gasteiger charge is 2.15. The van der Waals surface area contributed by atoms with E-state index in [1.807, 2.05) is 49.1 Å². The number of H-pyrrole nitrogens is 2. The predicted molar refractivity (Wildman–Crippen MR) is 115 cm³/mol. The molecule has 0 aliphatic heterocycles. The molecule has 6 rings (SSSR count). The number of rotatable bonds is 3. The molecular weight excluding hydrogens is 374 g/mol.